The van der Waals surface area contributed by atoms with Gasteiger partial charge in [-0.1, -0.05) is 49.4 Å². The van der Waals surface area contributed by atoms with E-state index in [9.17, 15) is 4.79 Å². The van der Waals surface area contributed by atoms with Crippen molar-refractivity contribution in [1.82, 2.24) is 4.98 Å². The van der Waals surface area contributed by atoms with Crippen molar-refractivity contribution in [2.75, 3.05) is 0 Å². The van der Waals surface area contributed by atoms with Crippen LogP contribution in [0, 0.1) is 0 Å². The molecule has 6 heteroatoms. The third-order valence-electron chi connectivity index (χ3n) is 4.19. The van der Waals surface area contributed by atoms with Crippen molar-refractivity contribution >= 4 is 17.3 Å². The molecule has 0 unspecified atom stereocenters. The quantitative estimate of drug-likeness (QED) is 0.617. The molecule has 0 saturated heterocycles. The van der Waals surface area contributed by atoms with Crippen molar-refractivity contribution in [1.29, 1.82) is 0 Å². The molecule has 0 aliphatic rings. The van der Waals surface area contributed by atoms with Crippen molar-refractivity contribution in [2.45, 2.75) is 32.4 Å². The average molecular weight is 382 g/mol. The fourth-order valence-corrected chi connectivity index (χ4v) is 3.70. The molecule has 0 amide bonds. The van der Waals surface area contributed by atoms with E-state index in [1.165, 1.54) is 4.88 Å². The highest BCUT2D eigenvalue weighted by Crippen LogP contribution is 2.29. The van der Waals surface area contributed by atoms with Gasteiger partial charge < -0.3 is 15.6 Å². The fraction of sp³-hybridized carbons (Fsp3) is 0.238. The molecule has 0 aliphatic heterocycles. The number of hydrogen-bond donors (Lipinski definition) is 2. The van der Waals surface area contributed by atoms with E-state index in [4.69, 9.17) is 20.6 Å². The Morgan fingerprint density at radius 2 is 1.89 bits per heavy atom. The van der Waals surface area contributed by atoms with Gasteiger partial charge in [0.25, 0.3) is 0 Å². The first kappa shape index (κ1) is 19.1. The topological polar surface area (TPSA) is 85.4 Å². The number of nitrogens with two attached hydrogens (primary N) is 1. The predicted molar refractivity (Wildman–Crippen MR) is 107 cm³/mol. The molecule has 0 aliphatic carbocycles. The lowest BCUT2D eigenvalue weighted by atomic mass is 10.1. The molecule has 3 N–H and O–H groups in total. The summed E-state index contributed by atoms with van der Waals surface area (Å²) in [7, 11) is 0. The average Bonchev–Trinajstić information content (AvgIpc) is 3.11. The largest absolute Gasteiger partial charge is 0.487 e. The molecule has 3 rings (SSSR count). The number of rotatable bonds is 8. The first-order chi connectivity index (χ1) is 13.1. The van der Waals surface area contributed by atoms with Crippen LogP contribution < -0.4 is 10.5 Å². The maximum absolute atomic E-state index is 10.8. The second-order valence-electron chi connectivity index (χ2n) is 6.19. The molecular formula is C21H22N2O3S. The van der Waals surface area contributed by atoms with E-state index < -0.39 is 12.0 Å². The number of thiazole rings is 1. The van der Waals surface area contributed by atoms with Gasteiger partial charge in [-0.2, -0.15) is 0 Å². The summed E-state index contributed by atoms with van der Waals surface area (Å²) >= 11 is 1.70. The summed E-state index contributed by atoms with van der Waals surface area (Å²) in [4.78, 5) is 16.8. The summed E-state index contributed by atoms with van der Waals surface area (Å²) < 4.78 is 5.89. The normalized spacial score (nSPS) is 11.9. The van der Waals surface area contributed by atoms with E-state index in [0.717, 1.165) is 34.0 Å². The van der Waals surface area contributed by atoms with Crippen LogP contribution in [-0.2, 0) is 24.2 Å². The van der Waals surface area contributed by atoms with Crippen molar-refractivity contribution in [3.63, 3.8) is 0 Å². The number of aromatic nitrogens is 1. The lowest BCUT2D eigenvalue weighted by Crippen LogP contribution is -2.32. The van der Waals surface area contributed by atoms with Crippen LogP contribution in [0.2, 0.25) is 0 Å². The highest BCUT2D eigenvalue weighted by molar-refractivity contribution is 7.15. The molecule has 1 atom stereocenters. The Balaban J connectivity index is 1.66. The van der Waals surface area contributed by atoms with Gasteiger partial charge in [-0.05, 0) is 30.5 Å². The summed E-state index contributed by atoms with van der Waals surface area (Å²) in [5.74, 6) is -0.279. The minimum absolute atomic E-state index is 0.294. The maximum Gasteiger partial charge on any atom is 0.320 e. The van der Waals surface area contributed by atoms with Crippen molar-refractivity contribution in [3.05, 3.63) is 70.7 Å². The van der Waals surface area contributed by atoms with E-state index in [1.54, 1.807) is 11.3 Å². The molecule has 0 spiro atoms. The summed E-state index contributed by atoms with van der Waals surface area (Å²) in [6, 6.07) is 16.6. The summed E-state index contributed by atoms with van der Waals surface area (Å²) in [5.41, 5.74) is 8.50. The van der Waals surface area contributed by atoms with E-state index in [-0.39, 0.29) is 0 Å². The van der Waals surface area contributed by atoms with Crippen LogP contribution in [0.4, 0.5) is 0 Å². The van der Waals surface area contributed by atoms with Gasteiger partial charge >= 0.3 is 5.97 Å². The van der Waals surface area contributed by atoms with E-state index >= 15 is 0 Å². The van der Waals surface area contributed by atoms with Crippen LogP contribution in [0.15, 0.2) is 54.6 Å². The number of hydrogen-bond acceptors (Lipinski definition) is 5. The molecule has 1 heterocycles. The van der Waals surface area contributed by atoms with Crippen molar-refractivity contribution in [2.24, 2.45) is 5.73 Å². The minimum Gasteiger partial charge on any atom is -0.487 e. The van der Waals surface area contributed by atoms with Gasteiger partial charge in [0.15, 0.2) is 0 Å². The molecule has 5 nitrogen and oxygen atoms in total. The second kappa shape index (κ2) is 8.79. The molecule has 0 bridgehead atoms. The molecule has 0 fully saturated rings. The molecule has 140 valence electrons. The third kappa shape index (κ3) is 4.93. The number of nitrogens with zero attached hydrogens (tertiary/aromatic N) is 1. The van der Waals surface area contributed by atoms with E-state index in [2.05, 4.69) is 19.1 Å². The van der Waals surface area contributed by atoms with Gasteiger partial charge in [0.1, 0.15) is 23.4 Å². The zero-order valence-corrected chi connectivity index (χ0v) is 15.9. The summed E-state index contributed by atoms with van der Waals surface area (Å²) in [6.45, 7) is 2.52. The molecule has 27 heavy (non-hydrogen) atoms. The Morgan fingerprint density at radius 1 is 1.19 bits per heavy atom. The zero-order chi connectivity index (χ0) is 19.2. The smallest absolute Gasteiger partial charge is 0.320 e. The number of aryl methyl sites for hydroxylation is 1. The number of aliphatic carboxylic acids is 1. The van der Waals surface area contributed by atoms with E-state index in [0.29, 0.717) is 13.0 Å². The zero-order valence-electron chi connectivity index (χ0n) is 15.1. The molecule has 1 aromatic heterocycles. The highest BCUT2D eigenvalue weighted by atomic mass is 32.1. The Kier molecular flexibility index (Phi) is 6.21. The Hall–Kier alpha value is -2.70. The monoisotopic (exact) mass is 382 g/mol. The van der Waals surface area contributed by atoms with Crippen LogP contribution >= 0.6 is 11.3 Å². The molecule has 2 aromatic carbocycles. The number of benzene rings is 2. The van der Waals surface area contributed by atoms with Crippen LogP contribution in [0.5, 0.6) is 5.75 Å². The van der Waals surface area contributed by atoms with Gasteiger partial charge in [0.05, 0.1) is 5.69 Å². The Bertz CT molecular complexity index is 892. The Labute approximate surface area is 162 Å². The van der Waals surface area contributed by atoms with Gasteiger partial charge in [0.2, 0.25) is 0 Å². The van der Waals surface area contributed by atoms with Crippen LogP contribution in [0.1, 0.15) is 23.1 Å². The van der Waals surface area contributed by atoms with Gasteiger partial charge in [0, 0.05) is 10.4 Å². The lowest BCUT2D eigenvalue weighted by molar-refractivity contribution is -0.138. The first-order valence-corrected chi connectivity index (χ1v) is 9.62. The van der Waals surface area contributed by atoms with Crippen LogP contribution in [-0.4, -0.2) is 22.1 Å². The number of carboxylic acid groups (broad SMARTS) is 1. The van der Waals surface area contributed by atoms with E-state index in [1.807, 2.05) is 42.5 Å². The lowest BCUT2D eigenvalue weighted by Gasteiger charge is -2.09. The van der Waals surface area contributed by atoms with Gasteiger partial charge in [-0.15, -0.1) is 11.3 Å². The second-order valence-corrected chi connectivity index (χ2v) is 7.27. The fourth-order valence-electron chi connectivity index (χ4n) is 2.69. The standard InChI is InChI=1S/C21H22N2O3S/c1-2-19-18(23-20(27-19)15-6-4-3-5-7-15)13-26-16-10-8-14(9-11-16)12-17(22)21(24)25/h3-11,17H,2,12-13,22H2,1H3,(H,24,25)/t17-/m0/s1. The molecule has 0 radical (unpaired) electrons. The molecule has 3 aromatic rings. The SMILES string of the molecule is CCc1sc(-c2ccccc2)nc1COc1ccc(C[C@H](N)C(=O)O)cc1. The van der Waals surface area contributed by atoms with Crippen LogP contribution in [0.25, 0.3) is 10.6 Å². The summed E-state index contributed by atoms with van der Waals surface area (Å²) in [5, 5.41) is 9.89. The third-order valence-corrected chi connectivity index (χ3v) is 5.48. The van der Waals surface area contributed by atoms with Crippen molar-refractivity contribution < 1.29 is 14.6 Å². The number of carbonyl (C=O) groups is 1. The summed E-state index contributed by atoms with van der Waals surface area (Å²) in [6.07, 6.45) is 1.21. The number of carboxylic acids is 1. The van der Waals surface area contributed by atoms with Gasteiger partial charge in [-0.3, -0.25) is 4.79 Å². The molecule has 0 saturated carbocycles. The van der Waals surface area contributed by atoms with Crippen LogP contribution in [0.3, 0.4) is 0 Å². The Morgan fingerprint density at radius 3 is 2.52 bits per heavy atom. The highest BCUT2D eigenvalue weighted by Gasteiger charge is 2.13. The predicted octanol–water partition coefficient (Wildman–Crippen LogP) is 3.91. The minimum atomic E-state index is -1.000. The maximum atomic E-state index is 10.8. The van der Waals surface area contributed by atoms with Crippen molar-refractivity contribution in [3.8, 4) is 16.3 Å². The molecular weight excluding hydrogens is 360 g/mol. The van der Waals surface area contributed by atoms with Gasteiger partial charge in [-0.25, -0.2) is 4.98 Å². The first-order valence-electron chi connectivity index (χ1n) is 8.81. The number of ether oxygens (including phenoxy) is 1.